The van der Waals surface area contributed by atoms with Gasteiger partial charge in [-0.3, -0.25) is 4.79 Å². The number of amides is 1. The van der Waals surface area contributed by atoms with Crippen molar-refractivity contribution in [2.45, 2.75) is 38.7 Å². The zero-order chi connectivity index (χ0) is 14.3. The van der Waals surface area contributed by atoms with Gasteiger partial charge in [0.15, 0.2) is 0 Å². The van der Waals surface area contributed by atoms with E-state index in [2.05, 4.69) is 24.4 Å². The lowest BCUT2D eigenvalue weighted by Crippen LogP contribution is -2.43. The highest BCUT2D eigenvalue weighted by molar-refractivity contribution is 5.76. The summed E-state index contributed by atoms with van der Waals surface area (Å²) in [6.07, 6.45) is 2.07. The van der Waals surface area contributed by atoms with E-state index in [1.807, 2.05) is 12.1 Å². The summed E-state index contributed by atoms with van der Waals surface area (Å²) in [7, 11) is 0. The molecule has 0 aromatic heterocycles. The Morgan fingerprint density at radius 2 is 1.84 bits per heavy atom. The summed E-state index contributed by atoms with van der Waals surface area (Å²) in [5.74, 6) is -0.117. The van der Waals surface area contributed by atoms with Crippen molar-refractivity contribution in [3.05, 3.63) is 35.4 Å². The molecule has 0 radical (unpaired) electrons. The van der Waals surface area contributed by atoms with Gasteiger partial charge in [-0.1, -0.05) is 31.2 Å². The molecule has 1 amide bonds. The molecule has 0 heterocycles. The Balaban J connectivity index is 2.33. The van der Waals surface area contributed by atoms with Gasteiger partial charge in [-0.05, 0) is 30.9 Å². The van der Waals surface area contributed by atoms with Crippen molar-refractivity contribution in [2.75, 3.05) is 13.2 Å². The predicted octanol–water partition coefficient (Wildman–Crippen LogP) is 1.04. The molecule has 106 valence electrons. The molecule has 4 heteroatoms. The van der Waals surface area contributed by atoms with E-state index in [-0.39, 0.29) is 19.1 Å². The maximum absolute atomic E-state index is 11.6. The van der Waals surface area contributed by atoms with E-state index in [0.29, 0.717) is 12.8 Å². The van der Waals surface area contributed by atoms with Gasteiger partial charge in [-0.15, -0.1) is 0 Å². The minimum absolute atomic E-state index is 0.0666. The Morgan fingerprint density at radius 3 is 2.37 bits per heavy atom. The van der Waals surface area contributed by atoms with E-state index < -0.39 is 5.60 Å². The smallest absolute Gasteiger partial charge is 0.220 e. The Hall–Kier alpha value is -1.39. The van der Waals surface area contributed by atoms with Gasteiger partial charge in [0.25, 0.3) is 0 Å². The summed E-state index contributed by atoms with van der Waals surface area (Å²) < 4.78 is 0. The Morgan fingerprint density at radius 1 is 1.26 bits per heavy atom. The van der Waals surface area contributed by atoms with Crippen LogP contribution in [-0.4, -0.2) is 34.9 Å². The van der Waals surface area contributed by atoms with E-state index in [9.17, 15) is 9.90 Å². The predicted molar refractivity (Wildman–Crippen MR) is 74.9 cm³/mol. The van der Waals surface area contributed by atoms with Gasteiger partial charge in [0, 0.05) is 13.0 Å². The van der Waals surface area contributed by atoms with Crippen molar-refractivity contribution in [1.82, 2.24) is 5.32 Å². The molecule has 1 atom stereocenters. The molecule has 4 nitrogen and oxygen atoms in total. The van der Waals surface area contributed by atoms with Crippen LogP contribution in [0.4, 0.5) is 0 Å². The fourth-order valence-corrected chi connectivity index (χ4v) is 1.63. The van der Waals surface area contributed by atoms with E-state index >= 15 is 0 Å². The van der Waals surface area contributed by atoms with Gasteiger partial charge in [0.2, 0.25) is 5.91 Å². The maximum Gasteiger partial charge on any atom is 0.220 e. The van der Waals surface area contributed by atoms with Crippen molar-refractivity contribution < 1.29 is 15.0 Å². The third-order valence-corrected chi connectivity index (χ3v) is 3.08. The van der Waals surface area contributed by atoms with Crippen LogP contribution in [0, 0.1) is 0 Å². The normalized spacial score (nSPS) is 13.9. The number of hydrogen-bond donors (Lipinski definition) is 3. The molecular formula is C15H23NO3. The molecule has 0 saturated heterocycles. The first kappa shape index (κ1) is 15.7. The fraction of sp³-hybridized carbons (Fsp3) is 0.533. The average Bonchev–Trinajstić information content (AvgIpc) is 2.43. The van der Waals surface area contributed by atoms with Crippen molar-refractivity contribution in [3.63, 3.8) is 0 Å². The molecule has 1 rings (SSSR count). The van der Waals surface area contributed by atoms with Crippen LogP contribution in [0.2, 0.25) is 0 Å². The molecule has 0 spiro atoms. The number of aliphatic hydroxyl groups is 2. The van der Waals surface area contributed by atoms with Crippen molar-refractivity contribution >= 4 is 5.91 Å². The summed E-state index contributed by atoms with van der Waals surface area (Å²) in [6, 6.07) is 8.22. The van der Waals surface area contributed by atoms with Crippen LogP contribution in [0.15, 0.2) is 24.3 Å². The largest absolute Gasteiger partial charge is 0.393 e. The number of carbonyl (C=O) groups excluding carboxylic acids is 1. The maximum atomic E-state index is 11.6. The lowest BCUT2D eigenvalue weighted by atomic mass is 10.1. The number of aliphatic hydroxyl groups excluding tert-OH is 1. The topological polar surface area (TPSA) is 69.6 Å². The first-order valence-electron chi connectivity index (χ1n) is 6.64. The number of hydrogen-bond acceptors (Lipinski definition) is 3. The average molecular weight is 265 g/mol. The molecule has 0 aliphatic carbocycles. The van der Waals surface area contributed by atoms with Crippen LogP contribution < -0.4 is 5.32 Å². The van der Waals surface area contributed by atoms with Crippen LogP contribution in [0.1, 0.15) is 31.4 Å². The van der Waals surface area contributed by atoms with Gasteiger partial charge in [-0.2, -0.15) is 0 Å². The molecule has 19 heavy (non-hydrogen) atoms. The molecule has 0 fully saturated rings. The molecule has 0 aliphatic rings. The standard InChI is InChI=1S/C15H23NO3/c1-3-12-4-6-13(7-5-12)8-9-14(18)16-10-15(2,19)11-17/h4-7,17,19H,3,8-11H2,1-2H3,(H,16,18). The number of carbonyl (C=O) groups is 1. The van der Waals surface area contributed by atoms with Crippen LogP contribution in [0.3, 0.4) is 0 Å². The van der Waals surface area contributed by atoms with Gasteiger partial charge < -0.3 is 15.5 Å². The van der Waals surface area contributed by atoms with E-state index in [0.717, 1.165) is 12.0 Å². The lowest BCUT2D eigenvalue weighted by Gasteiger charge is -2.20. The summed E-state index contributed by atoms with van der Waals surface area (Å²) in [5.41, 5.74) is 1.16. The zero-order valence-electron chi connectivity index (χ0n) is 11.6. The van der Waals surface area contributed by atoms with Gasteiger partial charge in [-0.25, -0.2) is 0 Å². The number of nitrogens with one attached hydrogen (secondary N) is 1. The van der Waals surface area contributed by atoms with Crippen molar-refractivity contribution in [2.24, 2.45) is 0 Å². The van der Waals surface area contributed by atoms with Gasteiger partial charge in [0.1, 0.15) is 5.60 Å². The first-order chi connectivity index (χ1) is 8.96. The SMILES string of the molecule is CCc1ccc(CCC(=O)NCC(C)(O)CO)cc1. The van der Waals surface area contributed by atoms with E-state index in [1.54, 1.807) is 0 Å². The van der Waals surface area contributed by atoms with Crippen molar-refractivity contribution in [1.29, 1.82) is 0 Å². The summed E-state index contributed by atoms with van der Waals surface area (Å²) >= 11 is 0. The minimum atomic E-state index is -1.25. The lowest BCUT2D eigenvalue weighted by molar-refractivity contribution is -0.122. The molecular weight excluding hydrogens is 242 g/mol. The molecule has 0 saturated carbocycles. The fourth-order valence-electron chi connectivity index (χ4n) is 1.63. The molecule has 0 aliphatic heterocycles. The summed E-state index contributed by atoms with van der Waals surface area (Å²) in [6.45, 7) is 3.29. The Kier molecular flexibility index (Phi) is 5.99. The van der Waals surface area contributed by atoms with E-state index in [1.165, 1.54) is 12.5 Å². The number of aryl methyl sites for hydroxylation is 2. The van der Waals surface area contributed by atoms with E-state index in [4.69, 9.17) is 5.11 Å². The number of rotatable bonds is 7. The highest BCUT2D eigenvalue weighted by Gasteiger charge is 2.19. The highest BCUT2D eigenvalue weighted by Crippen LogP contribution is 2.07. The Bertz CT molecular complexity index is 398. The second kappa shape index (κ2) is 7.26. The third kappa shape index (κ3) is 5.85. The van der Waals surface area contributed by atoms with Crippen LogP contribution >= 0.6 is 0 Å². The molecule has 1 aromatic carbocycles. The van der Waals surface area contributed by atoms with Crippen LogP contribution in [0.5, 0.6) is 0 Å². The second-order valence-corrected chi connectivity index (χ2v) is 5.10. The summed E-state index contributed by atoms with van der Waals surface area (Å²) in [4.78, 5) is 11.6. The molecule has 0 bridgehead atoms. The monoisotopic (exact) mass is 265 g/mol. The molecule has 1 unspecified atom stereocenters. The first-order valence-corrected chi connectivity index (χ1v) is 6.64. The van der Waals surface area contributed by atoms with Gasteiger partial charge >= 0.3 is 0 Å². The van der Waals surface area contributed by atoms with Crippen LogP contribution in [-0.2, 0) is 17.6 Å². The minimum Gasteiger partial charge on any atom is -0.393 e. The Labute approximate surface area is 114 Å². The quantitative estimate of drug-likeness (QED) is 0.690. The molecule has 1 aromatic rings. The van der Waals surface area contributed by atoms with Crippen LogP contribution in [0.25, 0.3) is 0 Å². The highest BCUT2D eigenvalue weighted by atomic mass is 16.3. The van der Waals surface area contributed by atoms with Gasteiger partial charge in [0.05, 0.1) is 6.61 Å². The second-order valence-electron chi connectivity index (χ2n) is 5.10. The summed E-state index contributed by atoms with van der Waals surface area (Å²) in [5, 5.41) is 21.0. The zero-order valence-corrected chi connectivity index (χ0v) is 11.6. The molecule has 3 N–H and O–H groups in total. The third-order valence-electron chi connectivity index (χ3n) is 3.08. The van der Waals surface area contributed by atoms with Crippen molar-refractivity contribution in [3.8, 4) is 0 Å². The number of benzene rings is 1.